The molecule has 25 heavy (non-hydrogen) atoms. The molecule has 0 amide bonds. The fourth-order valence-corrected chi connectivity index (χ4v) is 4.25. The first-order chi connectivity index (χ1) is 12.2. The Kier molecular flexibility index (Phi) is 4.53. The Balaban J connectivity index is 1.40. The van der Waals surface area contributed by atoms with E-state index in [1.54, 1.807) is 7.11 Å². The number of rotatable bonds is 3. The molecular weight excluding hydrogens is 312 g/mol. The van der Waals surface area contributed by atoms with E-state index in [1.807, 2.05) is 24.3 Å². The molecule has 132 valence electrons. The van der Waals surface area contributed by atoms with Crippen molar-refractivity contribution >= 4 is 5.69 Å². The molecule has 1 heterocycles. The number of anilines is 1. The Morgan fingerprint density at radius 3 is 2.60 bits per heavy atom. The van der Waals surface area contributed by atoms with Crippen LogP contribution in [0.25, 0.3) is 0 Å². The van der Waals surface area contributed by atoms with Crippen LogP contribution in [0.5, 0.6) is 11.5 Å². The number of nitrogens with zero attached hydrogens (tertiary/aromatic N) is 2. The molecule has 2 aromatic carbocycles. The summed E-state index contributed by atoms with van der Waals surface area (Å²) in [5.74, 6) is 1.35. The van der Waals surface area contributed by atoms with Crippen molar-refractivity contribution < 1.29 is 9.84 Å². The maximum absolute atomic E-state index is 9.66. The SMILES string of the molecule is COc1ccccc1N1CCN(C2CCc3cc(O)ccc3C2)CC1. The summed E-state index contributed by atoms with van der Waals surface area (Å²) in [5, 5.41) is 9.66. The molecule has 1 aliphatic carbocycles. The molecule has 1 saturated heterocycles. The molecule has 0 spiro atoms. The molecule has 4 rings (SSSR count). The van der Waals surface area contributed by atoms with Gasteiger partial charge in [-0.3, -0.25) is 4.90 Å². The number of aryl methyl sites for hydroxylation is 1. The second-order valence-electron chi connectivity index (χ2n) is 7.04. The van der Waals surface area contributed by atoms with Crippen molar-refractivity contribution in [1.82, 2.24) is 4.90 Å². The van der Waals surface area contributed by atoms with Crippen molar-refractivity contribution in [3.05, 3.63) is 53.6 Å². The number of fused-ring (bicyclic) bond motifs is 1. The summed E-state index contributed by atoms with van der Waals surface area (Å²) in [6.45, 7) is 4.27. The largest absolute Gasteiger partial charge is 0.508 e. The van der Waals surface area contributed by atoms with Gasteiger partial charge < -0.3 is 14.7 Å². The van der Waals surface area contributed by atoms with Gasteiger partial charge in [0, 0.05) is 32.2 Å². The van der Waals surface area contributed by atoms with Gasteiger partial charge in [-0.15, -0.1) is 0 Å². The molecule has 2 aromatic rings. The lowest BCUT2D eigenvalue weighted by atomic mass is 9.87. The highest BCUT2D eigenvalue weighted by Crippen LogP contribution is 2.31. The number of hydrogen-bond acceptors (Lipinski definition) is 4. The van der Waals surface area contributed by atoms with E-state index in [0.717, 1.165) is 44.8 Å². The van der Waals surface area contributed by atoms with Crippen molar-refractivity contribution in [3.8, 4) is 11.5 Å². The van der Waals surface area contributed by atoms with Gasteiger partial charge in [-0.2, -0.15) is 0 Å². The Morgan fingerprint density at radius 1 is 1.00 bits per heavy atom. The zero-order chi connectivity index (χ0) is 17.2. The molecule has 0 saturated carbocycles. The third-order valence-corrected chi connectivity index (χ3v) is 5.65. The van der Waals surface area contributed by atoms with Crippen LogP contribution < -0.4 is 9.64 Å². The van der Waals surface area contributed by atoms with Crippen LogP contribution in [0.4, 0.5) is 5.69 Å². The normalized spacial score (nSPS) is 21.0. The van der Waals surface area contributed by atoms with Crippen molar-refractivity contribution in [2.75, 3.05) is 38.2 Å². The molecule has 4 heteroatoms. The Hall–Kier alpha value is -2.20. The molecule has 1 aliphatic heterocycles. The number of phenolic OH excluding ortho intramolecular Hbond substituents is 1. The highest BCUT2D eigenvalue weighted by Gasteiger charge is 2.28. The summed E-state index contributed by atoms with van der Waals surface area (Å²) in [7, 11) is 1.74. The average Bonchev–Trinajstić information content (AvgIpc) is 2.67. The predicted octanol–water partition coefficient (Wildman–Crippen LogP) is 3.08. The van der Waals surface area contributed by atoms with Crippen LogP contribution in [0.1, 0.15) is 17.5 Å². The fraction of sp³-hybridized carbons (Fsp3) is 0.429. The van der Waals surface area contributed by atoms with E-state index in [1.165, 1.54) is 23.2 Å². The van der Waals surface area contributed by atoms with E-state index in [-0.39, 0.29) is 0 Å². The maximum Gasteiger partial charge on any atom is 0.142 e. The molecule has 0 radical (unpaired) electrons. The molecule has 0 aromatic heterocycles. The summed E-state index contributed by atoms with van der Waals surface area (Å²) in [6.07, 6.45) is 3.36. The summed E-state index contributed by atoms with van der Waals surface area (Å²) < 4.78 is 5.51. The van der Waals surface area contributed by atoms with E-state index in [2.05, 4.69) is 28.0 Å². The van der Waals surface area contributed by atoms with Gasteiger partial charge in [0.2, 0.25) is 0 Å². The zero-order valence-corrected chi connectivity index (χ0v) is 14.8. The van der Waals surface area contributed by atoms with Crippen molar-refractivity contribution in [2.24, 2.45) is 0 Å². The van der Waals surface area contributed by atoms with Gasteiger partial charge in [-0.25, -0.2) is 0 Å². The quantitative estimate of drug-likeness (QED) is 0.933. The van der Waals surface area contributed by atoms with Crippen LogP contribution in [-0.2, 0) is 12.8 Å². The minimum Gasteiger partial charge on any atom is -0.508 e. The monoisotopic (exact) mass is 338 g/mol. The molecule has 1 unspecified atom stereocenters. The predicted molar refractivity (Wildman–Crippen MR) is 101 cm³/mol. The van der Waals surface area contributed by atoms with Crippen LogP contribution >= 0.6 is 0 Å². The van der Waals surface area contributed by atoms with Gasteiger partial charge >= 0.3 is 0 Å². The zero-order valence-electron chi connectivity index (χ0n) is 14.8. The summed E-state index contributed by atoms with van der Waals surface area (Å²) in [5.41, 5.74) is 3.93. The number of benzene rings is 2. The lowest BCUT2D eigenvalue weighted by molar-refractivity contribution is 0.169. The second-order valence-corrected chi connectivity index (χ2v) is 7.04. The number of hydrogen-bond donors (Lipinski definition) is 1. The van der Waals surface area contributed by atoms with Crippen LogP contribution in [0.3, 0.4) is 0 Å². The van der Waals surface area contributed by atoms with Crippen LogP contribution in [-0.4, -0.2) is 49.3 Å². The van der Waals surface area contributed by atoms with Crippen molar-refractivity contribution in [2.45, 2.75) is 25.3 Å². The van der Waals surface area contributed by atoms with E-state index >= 15 is 0 Å². The summed E-state index contributed by atoms with van der Waals surface area (Å²) in [4.78, 5) is 5.08. The average molecular weight is 338 g/mol. The third kappa shape index (κ3) is 3.31. The highest BCUT2D eigenvalue weighted by molar-refractivity contribution is 5.58. The van der Waals surface area contributed by atoms with Crippen LogP contribution in [0.15, 0.2) is 42.5 Å². The molecule has 0 bridgehead atoms. The number of aromatic hydroxyl groups is 1. The highest BCUT2D eigenvalue weighted by atomic mass is 16.5. The first kappa shape index (κ1) is 16.3. The molecule has 1 atom stereocenters. The van der Waals surface area contributed by atoms with Crippen LogP contribution in [0.2, 0.25) is 0 Å². The van der Waals surface area contributed by atoms with Crippen molar-refractivity contribution in [1.29, 1.82) is 0 Å². The number of methoxy groups -OCH3 is 1. The van der Waals surface area contributed by atoms with Crippen LogP contribution in [0, 0.1) is 0 Å². The van der Waals surface area contributed by atoms with Gasteiger partial charge in [-0.1, -0.05) is 18.2 Å². The number of ether oxygens (including phenoxy) is 1. The molecule has 4 nitrogen and oxygen atoms in total. The topological polar surface area (TPSA) is 35.9 Å². The minimum absolute atomic E-state index is 0.391. The molecule has 1 N–H and O–H groups in total. The first-order valence-electron chi connectivity index (χ1n) is 9.17. The second kappa shape index (κ2) is 6.96. The lowest BCUT2D eigenvalue weighted by Crippen LogP contribution is -2.51. The lowest BCUT2D eigenvalue weighted by Gasteiger charge is -2.42. The Morgan fingerprint density at radius 2 is 1.80 bits per heavy atom. The van der Waals surface area contributed by atoms with Gasteiger partial charge in [-0.05, 0) is 54.7 Å². The molecule has 2 aliphatic rings. The van der Waals surface area contributed by atoms with Gasteiger partial charge in [0.05, 0.1) is 12.8 Å². The molecular formula is C21H26N2O2. The van der Waals surface area contributed by atoms with Crippen molar-refractivity contribution in [3.63, 3.8) is 0 Å². The number of phenols is 1. The first-order valence-corrected chi connectivity index (χ1v) is 9.17. The Bertz CT molecular complexity index is 738. The smallest absolute Gasteiger partial charge is 0.142 e. The van der Waals surface area contributed by atoms with E-state index in [0.29, 0.717) is 11.8 Å². The van der Waals surface area contributed by atoms with Gasteiger partial charge in [0.1, 0.15) is 11.5 Å². The fourth-order valence-electron chi connectivity index (χ4n) is 4.25. The molecule has 1 fully saturated rings. The Labute approximate surface area is 149 Å². The minimum atomic E-state index is 0.391. The van der Waals surface area contributed by atoms with E-state index in [9.17, 15) is 5.11 Å². The van der Waals surface area contributed by atoms with E-state index < -0.39 is 0 Å². The number of para-hydroxylation sites is 2. The standard InChI is InChI=1S/C21H26N2O2/c1-25-21-5-3-2-4-20(21)23-12-10-22(11-13-23)18-8-6-17-15-19(24)9-7-16(17)14-18/h2-5,7,9,15,18,24H,6,8,10-14H2,1H3. The van der Waals surface area contributed by atoms with Gasteiger partial charge in [0.25, 0.3) is 0 Å². The summed E-state index contributed by atoms with van der Waals surface area (Å²) in [6, 6.07) is 14.8. The van der Waals surface area contributed by atoms with E-state index in [4.69, 9.17) is 4.74 Å². The maximum atomic E-state index is 9.66. The summed E-state index contributed by atoms with van der Waals surface area (Å²) >= 11 is 0. The number of piperazine rings is 1. The third-order valence-electron chi connectivity index (χ3n) is 5.65. The van der Waals surface area contributed by atoms with Gasteiger partial charge in [0.15, 0.2) is 0 Å².